The zero-order chi connectivity index (χ0) is 23.2. The van der Waals surface area contributed by atoms with Crippen molar-refractivity contribution in [2.45, 2.75) is 31.8 Å². The third kappa shape index (κ3) is 5.49. The summed E-state index contributed by atoms with van der Waals surface area (Å²) < 4.78 is 2.04. The van der Waals surface area contributed by atoms with Gasteiger partial charge in [0.1, 0.15) is 5.82 Å². The predicted octanol–water partition coefficient (Wildman–Crippen LogP) is 4.77. The van der Waals surface area contributed by atoms with Crippen LogP contribution in [0.5, 0.6) is 0 Å². The Morgan fingerprint density at radius 2 is 1.73 bits per heavy atom. The number of ketones is 1. The average molecular weight is 459 g/mol. The van der Waals surface area contributed by atoms with Crippen LogP contribution in [0.15, 0.2) is 71.9 Å². The quantitative estimate of drug-likeness (QED) is 0.222. The van der Waals surface area contributed by atoms with Gasteiger partial charge in [0.2, 0.25) is 5.91 Å². The summed E-state index contributed by atoms with van der Waals surface area (Å²) in [5, 5.41) is 14.6. The Hall–Kier alpha value is -3.45. The maximum Gasteiger partial charge on any atom is 0.216 e. The van der Waals surface area contributed by atoms with Gasteiger partial charge < -0.3 is 5.32 Å². The van der Waals surface area contributed by atoms with Crippen molar-refractivity contribution in [2.75, 3.05) is 12.3 Å². The second-order valence-electron chi connectivity index (χ2n) is 7.90. The van der Waals surface area contributed by atoms with E-state index in [0.29, 0.717) is 23.7 Å². The molecule has 0 fully saturated rings. The largest absolute Gasteiger partial charge is 0.356 e. The normalized spacial score (nSPS) is 11.0. The van der Waals surface area contributed by atoms with Gasteiger partial charge >= 0.3 is 0 Å². The fourth-order valence-electron chi connectivity index (χ4n) is 3.66. The lowest BCUT2D eigenvalue weighted by Crippen LogP contribution is -2.21. The SMILES string of the molecule is CC(=O)NCCCc1nnc(SCC(=O)c2ccc(C)cc2)n1-c1cccc2ccccc12. The van der Waals surface area contributed by atoms with Gasteiger partial charge in [0, 0.05) is 30.8 Å². The zero-order valence-electron chi connectivity index (χ0n) is 18.7. The summed E-state index contributed by atoms with van der Waals surface area (Å²) in [6.45, 7) is 4.09. The van der Waals surface area contributed by atoms with E-state index in [0.717, 1.165) is 34.3 Å². The van der Waals surface area contributed by atoms with Crippen molar-refractivity contribution in [3.63, 3.8) is 0 Å². The molecule has 0 atom stereocenters. The van der Waals surface area contributed by atoms with Crippen LogP contribution in [0.3, 0.4) is 0 Å². The first kappa shape index (κ1) is 22.7. The number of Topliss-reactive ketones (excluding diaryl/α,β-unsaturated/α-hetero) is 1. The summed E-state index contributed by atoms with van der Waals surface area (Å²) in [6.07, 6.45) is 1.40. The van der Waals surface area contributed by atoms with Gasteiger partial charge in [-0.25, -0.2) is 0 Å². The minimum atomic E-state index is -0.0450. The van der Waals surface area contributed by atoms with Crippen molar-refractivity contribution < 1.29 is 9.59 Å². The summed E-state index contributed by atoms with van der Waals surface area (Å²) in [6, 6.07) is 22.0. The number of rotatable bonds is 9. The molecule has 1 aromatic heterocycles. The molecule has 168 valence electrons. The third-order valence-corrected chi connectivity index (χ3v) is 6.29. The van der Waals surface area contributed by atoms with Crippen molar-refractivity contribution in [3.05, 3.63) is 83.7 Å². The molecular formula is C26H26N4O2S. The molecule has 0 radical (unpaired) electrons. The monoisotopic (exact) mass is 458 g/mol. The van der Waals surface area contributed by atoms with E-state index < -0.39 is 0 Å². The van der Waals surface area contributed by atoms with Gasteiger partial charge in [-0.1, -0.05) is 78.0 Å². The molecule has 0 spiro atoms. The van der Waals surface area contributed by atoms with Gasteiger partial charge in [0.05, 0.1) is 11.4 Å². The van der Waals surface area contributed by atoms with Crippen LogP contribution in [0.25, 0.3) is 16.5 Å². The van der Waals surface area contributed by atoms with E-state index in [2.05, 4.69) is 39.8 Å². The number of carbonyl (C=O) groups excluding carboxylic acids is 2. The summed E-state index contributed by atoms with van der Waals surface area (Å²) in [5.74, 6) is 1.09. The molecule has 6 nitrogen and oxygen atoms in total. The summed E-state index contributed by atoms with van der Waals surface area (Å²) in [7, 11) is 0. The molecule has 0 unspecified atom stereocenters. The fraction of sp³-hybridized carbons (Fsp3) is 0.231. The van der Waals surface area contributed by atoms with E-state index in [-0.39, 0.29) is 17.4 Å². The number of benzene rings is 3. The van der Waals surface area contributed by atoms with Gasteiger partial charge in [-0.05, 0) is 24.8 Å². The first-order valence-corrected chi connectivity index (χ1v) is 11.9. The van der Waals surface area contributed by atoms with Gasteiger partial charge in [-0.2, -0.15) is 0 Å². The number of thioether (sulfide) groups is 1. The standard InChI is InChI=1S/C26H26N4O2S/c1-18-12-14-21(15-13-18)24(32)17-33-26-29-28-25(11-6-16-27-19(2)31)30(26)23-10-5-8-20-7-3-4-9-22(20)23/h3-5,7-10,12-15H,6,11,16-17H2,1-2H3,(H,27,31). The number of amides is 1. The maximum atomic E-state index is 12.8. The molecule has 1 amide bonds. The number of aryl methyl sites for hydroxylation is 2. The molecule has 4 aromatic rings. The molecule has 7 heteroatoms. The highest BCUT2D eigenvalue weighted by Gasteiger charge is 2.18. The molecule has 0 saturated heterocycles. The number of aromatic nitrogens is 3. The Labute approximate surface area is 197 Å². The smallest absolute Gasteiger partial charge is 0.216 e. The maximum absolute atomic E-state index is 12.8. The first-order chi connectivity index (χ1) is 16.0. The van der Waals surface area contributed by atoms with Gasteiger partial charge in [0.25, 0.3) is 0 Å². The lowest BCUT2D eigenvalue weighted by Gasteiger charge is -2.13. The van der Waals surface area contributed by atoms with Crippen LogP contribution in [-0.2, 0) is 11.2 Å². The molecular weight excluding hydrogens is 432 g/mol. The number of fused-ring (bicyclic) bond motifs is 1. The Kier molecular flexibility index (Phi) is 7.19. The minimum Gasteiger partial charge on any atom is -0.356 e. The second kappa shape index (κ2) is 10.4. The van der Waals surface area contributed by atoms with Crippen molar-refractivity contribution in [1.29, 1.82) is 0 Å². The molecule has 0 aliphatic rings. The van der Waals surface area contributed by atoms with Crippen LogP contribution in [0.1, 0.15) is 35.1 Å². The molecule has 33 heavy (non-hydrogen) atoms. The van der Waals surface area contributed by atoms with E-state index in [1.54, 1.807) is 0 Å². The molecule has 1 heterocycles. The summed E-state index contributed by atoms with van der Waals surface area (Å²) >= 11 is 1.39. The van der Waals surface area contributed by atoms with E-state index in [9.17, 15) is 9.59 Å². The van der Waals surface area contributed by atoms with Gasteiger partial charge in [0.15, 0.2) is 10.9 Å². The molecule has 0 aliphatic carbocycles. The molecule has 4 rings (SSSR count). The molecule has 1 N–H and O–H groups in total. The summed E-state index contributed by atoms with van der Waals surface area (Å²) in [4.78, 5) is 24.0. The van der Waals surface area contributed by atoms with Crippen LogP contribution in [0.2, 0.25) is 0 Å². The topological polar surface area (TPSA) is 76.9 Å². The van der Waals surface area contributed by atoms with Crippen LogP contribution in [0.4, 0.5) is 0 Å². The van der Waals surface area contributed by atoms with Crippen LogP contribution in [-0.4, -0.2) is 38.8 Å². The van der Waals surface area contributed by atoms with Gasteiger partial charge in [-0.3, -0.25) is 14.2 Å². The van der Waals surface area contributed by atoms with Crippen molar-refractivity contribution in [2.24, 2.45) is 0 Å². The van der Waals surface area contributed by atoms with Crippen molar-refractivity contribution >= 4 is 34.2 Å². The van der Waals surface area contributed by atoms with Gasteiger partial charge in [-0.15, -0.1) is 10.2 Å². The molecule has 0 saturated carbocycles. The Morgan fingerprint density at radius 3 is 2.52 bits per heavy atom. The highest BCUT2D eigenvalue weighted by Crippen LogP contribution is 2.28. The minimum absolute atomic E-state index is 0.0450. The van der Waals surface area contributed by atoms with E-state index in [4.69, 9.17) is 0 Å². The van der Waals surface area contributed by atoms with E-state index >= 15 is 0 Å². The predicted molar refractivity (Wildman–Crippen MR) is 132 cm³/mol. The zero-order valence-corrected chi connectivity index (χ0v) is 19.6. The van der Waals surface area contributed by atoms with Crippen LogP contribution in [0, 0.1) is 6.92 Å². The Morgan fingerprint density at radius 1 is 0.970 bits per heavy atom. The Balaban J connectivity index is 1.63. The first-order valence-electron chi connectivity index (χ1n) is 10.9. The number of hydrogen-bond acceptors (Lipinski definition) is 5. The lowest BCUT2D eigenvalue weighted by atomic mass is 10.1. The van der Waals surface area contributed by atoms with Crippen molar-refractivity contribution in [3.8, 4) is 5.69 Å². The lowest BCUT2D eigenvalue weighted by molar-refractivity contribution is -0.118. The second-order valence-corrected chi connectivity index (χ2v) is 8.84. The average Bonchev–Trinajstić information content (AvgIpc) is 3.22. The fourth-order valence-corrected chi connectivity index (χ4v) is 4.52. The van der Waals surface area contributed by atoms with Crippen LogP contribution >= 0.6 is 11.8 Å². The Bertz CT molecular complexity index is 1280. The number of hydrogen-bond donors (Lipinski definition) is 1. The number of nitrogens with one attached hydrogen (secondary N) is 1. The van der Waals surface area contributed by atoms with E-state index in [1.807, 2.05) is 54.0 Å². The molecule has 0 bridgehead atoms. The highest BCUT2D eigenvalue weighted by atomic mass is 32.2. The van der Waals surface area contributed by atoms with Crippen molar-refractivity contribution in [1.82, 2.24) is 20.1 Å². The molecule has 0 aliphatic heterocycles. The number of carbonyl (C=O) groups is 2. The molecule has 3 aromatic carbocycles. The van der Waals surface area contributed by atoms with Crippen LogP contribution < -0.4 is 5.32 Å². The van der Waals surface area contributed by atoms with E-state index in [1.165, 1.54) is 18.7 Å². The number of nitrogens with zero attached hydrogens (tertiary/aromatic N) is 3. The third-order valence-electron chi connectivity index (χ3n) is 5.36. The highest BCUT2D eigenvalue weighted by molar-refractivity contribution is 7.99. The summed E-state index contributed by atoms with van der Waals surface area (Å²) in [5.41, 5.74) is 2.80.